The van der Waals surface area contributed by atoms with Crippen LogP contribution in [0.1, 0.15) is 37.3 Å². The monoisotopic (exact) mass is 620 g/mol. The quantitative estimate of drug-likeness (QED) is 0.224. The Hall–Kier alpha value is -3.35. The average Bonchev–Trinajstić information content (AvgIpc) is 3.68. The van der Waals surface area contributed by atoms with E-state index < -0.39 is 31.5 Å². The van der Waals surface area contributed by atoms with Gasteiger partial charge in [0.25, 0.3) is 5.91 Å². The molecule has 2 aromatic rings. The molecule has 236 valence electrons. The molecule has 5 rings (SSSR count). The summed E-state index contributed by atoms with van der Waals surface area (Å²) in [5.41, 5.74) is 0.869. The lowest BCUT2D eigenvalue weighted by atomic mass is 9.82. The van der Waals surface area contributed by atoms with Crippen molar-refractivity contribution in [3.8, 4) is 0 Å². The number of hydrogen-bond donors (Lipinski definition) is 4. The zero-order valence-corrected chi connectivity index (χ0v) is 26.8. The van der Waals surface area contributed by atoms with Crippen molar-refractivity contribution in [1.82, 2.24) is 10.2 Å². The minimum Gasteiger partial charge on any atom is -0.432 e. The van der Waals surface area contributed by atoms with Crippen LogP contribution in [0.3, 0.4) is 0 Å². The van der Waals surface area contributed by atoms with Gasteiger partial charge in [-0.2, -0.15) is 0 Å². The van der Waals surface area contributed by atoms with Gasteiger partial charge in [0.2, 0.25) is 11.8 Å². The van der Waals surface area contributed by atoms with E-state index in [-0.39, 0.29) is 49.9 Å². The topological polar surface area (TPSA) is 131 Å². The number of hydrogen-bond acceptors (Lipinski definition) is 7. The number of carbonyl (C=O) groups is 3. The number of benzene rings is 2. The Morgan fingerprint density at radius 3 is 2.64 bits per heavy atom. The maximum Gasteiger partial charge on any atom is 0.264 e. The number of ether oxygens (including phenoxy) is 1. The lowest BCUT2D eigenvalue weighted by Crippen LogP contribution is -2.46. The van der Waals surface area contributed by atoms with E-state index in [0.717, 1.165) is 24.9 Å². The molecular weight excluding hydrogens is 576 g/mol. The first-order chi connectivity index (χ1) is 21.0. The molecule has 5 atom stereocenters. The Morgan fingerprint density at radius 2 is 2.00 bits per heavy atom. The molecule has 2 aromatic carbocycles. The zero-order chi connectivity index (χ0) is 31.6. The summed E-state index contributed by atoms with van der Waals surface area (Å²) in [4.78, 5) is 55.9. The van der Waals surface area contributed by atoms with Crippen molar-refractivity contribution in [2.75, 3.05) is 36.5 Å². The standard InChI is InChI=1S/C33H44N4O6Si/c1-5-16-37-27-14-13-24(35-31(40)26-12-9-15-34-26)19-25(27)33(32(37)41)22(2)30(44(3,4)42)28(43-33)20-29(39)36(17-18-38)21-23-10-7-6-8-11-23/h5-8,10-11,13-14,19,22,26,28,30,34,38,42H,1,9,12,15-18,20-21H2,2-4H3,(H,35,40)/t22-,26+,28+,30-,33+/m0/s1. The number of nitrogens with zero attached hydrogens (tertiary/aromatic N) is 2. The van der Waals surface area contributed by atoms with Crippen LogP contribution >= 0.6 is 0 Å². The van der Waals surface area contributed by atoms with Gasteiger partial charge in [-0.15, -0.1) is 6.58 Å². The summed E-state index contributed by atoms with van der Waals surface area (Å²) in [5.74, 6) is -1.08. The van der Waals surface area contributed by atoms with Gasteiger partial charge < -0.3 is 35.1 Å². The molecule has 0 aliphatic carbocycles. The van der Waals surface area contributed by atoms with Crippen LogP contribution in [0.25, 0.3) is 0 Å². The molecule has 3 aliphatic heterocycles. The van der Waals surface area contributed by atoms with Crippen LogP contribution in [0, 0.1) is 5.92 Å². The largest absolute Gasteiger partial charge is 0.432 e. The molecule has 3 amide bonds. The lowest BCUT2D eigenvalue weighted by Gasteiger charge is -2.32. The molecule has 0 unspecified atom stereocenters. The summed E-state index contributed by atoms with van der Waals surface area (Å²) in [5, 5.41) is 16.0. The molecule has 3 aliphatic rings. The first-order valence-corrected chi connectivity index (χ1v) is 18.5. The van der Waals surface area contributed by atoms with Gasteiger partial charge in [-0.05, 0) is 56.2 Å². The number of nitrogens with one attached hydrogen (secondary N) is 2. The smallest absolute Gasteiger partial charge is 0.264 e. The van der Waals surface area contributed by atoms with E-state index in [0.29, 0.717) is 23.5 Å². The van der Waals surface area contributed by atoms with Crippen molar-refractivity contribution in [2.24, 2.45) is 5.92 Å². The van der Waals surface area contributed by atoms with Crippen molar-refractivity contribution < 1.29 is 29.0 Å². The van der Waals surface area contributed by atoms with Crippen molar-refractivity contribution in [1.29, 1.82) is 0 Å². The van der Waals surface area contributed by atoms with Gasteiger partial charge in [0, 0.05) is 42.3 Å². The van der Waals surface area contributed by atoms with Crippen LogP contribution in [-0.2, 0) is 31.3 Å². The number of amides is 3. The third-order valence-corrected chi connectivity index (χ3v) is 11.8. The summed E-state index contributed by atoms with van der Waals surface area (Å²) < 4.78 is 6.80. The van der Waals surface area contributed by atoms with E-state index in [4.69, 9.17) is 4.74 Å². The second-order valence-electron chi connectivity index (χ2n) is 12.7. The number of aliphatic hydroxyl groups is 1. The number of fused-ring (bicyclic) bond motifs is 2. The first-order valence-electron chi connectivity index (χ1n) is 15.5. The predicted octanol–water partition coefficient (Wildman–Crippen LogP) is 3.12. The fraction of sp³-hybridized carbons (Fsp3) is 0.485. The molecule has 3 heterocycles. The summed E-state index contributed by atoms with van der Waals surface area (Å²) in [6.45, 7) is 10.7. The van der Waals surface area contributed by atoms with Crippen molar-refractivity contribution in [3.63, 3.8) is 0 Å². The average molecular weight is 621 g/mol. The van der Waals surface area contributed by atoms with Crippen molar-refractivity contribution in [2.45, 2.75) is 69.1 Å². The maximum atomic E-state index is 14.4. The summed E-state index contributed by atoms with van der Waals surface area (Å²) in [7, 11) is -3.00. The maximum absolute atomic E-state index is 14.4. The highest BCUT2D eigenvalue weighted by atomic mass is 28.4. The van der Waals surface area contributed by atoms with Gasteiger partial charge in [-0.25, -0.2) is 0 Å². The highest BCUT2D eigenvalue weighted by Gasteiger charge is 2.66. The molecular formula is C33H44N4O6Si. The van der Waals surface area contributed by atoms with Crippen LogP contribution in [0.4, 0.5) is 11.4 Å². The van der Waals surface area contributed by atoms with Crippen LogP contribution in [0.2, 0.25) is 18.6 Å². The molecule has 11 heteroatoms. The minimum atomic E-state index is -3.00. The number of anilines is 2. The molecule has 4 N–H and O–H groups in total. The van der Waals surface area contributed by atoms with Gasteiger partial charge in [0.1, 0.15) is 0 Å². The summed E-state index contributed by atoms with van der Waals surface area (Å²) in [6, 6.07) is 14.7. The van der Waals surface area contributed by atoms with Gasteiger partial charge in [-0.3, -0.25) is 14.4 Å². The Balaban J connectivity index is 1.49. The third-order valence-electron chi connectivity index (χ3n) is 9.25. The van der Waals surface area contributed by atoms with Crippen LogP contribution < -0.4 is 15.5 Å². The van der Waals surface area contributed by atoms with Crippen molar-refractivity contribution in [3.05, 3.63) is 72.3 Å². The molecule has 44 heavy (non-hydrogen) atoms. The highest BCUT2D eigenvalue weighted by molar-refractivity contribution is 6.71. The molecule has 0 aromatic heterocycles. The van der Waals surface area contributed by atoms with Crippen LogP contribution in [0.15, 0.2) is 61.2 Å². The molecule has 0 saturated carbocycles. The Morgan fingerprint density at radius 1 is 1.25 bits per heavy atom. The number of carbonyl (C=O) groups excluding carboxylic acids is 3. The Kier molecular flexibility index (Phi) is 9.43. The van der Waals surface area contributed by atoms with Gasteiger partial charge in [-0.1, -0.05) is 43.3 Å². The summed E-state index contributed by atoms with van der Waals surface area (Å²) in [6.07, 6.45) is 2.57. The van der Waals surface area contributed by atoms with Gasteiger partial charge in [0.05, 0.1) is 30.9 Å². The van der Waals surface area contributed by atoms with Crippen molar-refractivity contribution >= 4 is 37.4 Å². The Bertz CT molecular complexity index is 1390. The zero-order valence-electron chi connectivity index (χ0n) is 25.8. The van der Waals surface area contributed by atoms with E-state index in [9.17, 15) is 24.3 Å². The predicted molar refractivity (Wildman–Crippen MR) is 171 cm³/mol. The Labute approximate surface area is 260 Å². The molecule has 2 saturated heterocycles. The minimum absolute atomic E-state index is 0.0472. The van der Waals surface area contributed by atoms with Crippen LogP contribution in [0.5, 0.6) is 0 Å². The number of aliphatic hydroxyl groups excluding tert-OH is 1. The highest BCUT2D eigenvalue weighted by Crippen LogP contribution is 2.60. The fourth-order valence-electron chi connectivity index (χ4n) is 7.32. The van der Waals surface area contributed by atoms with Gasteiger partial charge >= 0.3 is 0 Å². The van der Waals surface area contributed by atoms with E-state index in [1.54, 1.807) is 28.0 Å². The third kappa shape index (κ3) is 5.99. The summed E-state index contributed by atoms with van der Waals surface area (Å²) >= 11 is 0. The second kappa shape index (κ2) is 12.9. The molecule has 2 fully saturated rings. The SMILES string of the molecule is C=CCN1C(=O)[C@]2(O[C@H](CC(=O)N(CCO)Cc3ccccc3)[C@@H]([Si](C)(C)O)[C@@H]2C)c2cc(NC(=O)[C@H]3CCCN3)ccc21. The van der Waals surface area contributed by atoms with Gasteiger partial charge in [0.15, 0.2) is 13.9 Å². The van der Waals surface area contributed by atoms with E-state index in [2.05, 4.69) is 17.2 Å². The number of rotatable bonds is 11. The van der Waals surface area contributed by atoms with E-state index in [1.807, 2.05) is 56.4 Å². The van der Waals surface area contributed by atoms with E-state index >= 15 is 0 Å². The lowest BCUT2D eigenvalue weighted by molar-refractivity contribution is -0.149. The molecule has 1 spiro atoms. The molecule has 0 bridgehead atoms. The second-order valence-corrected chi connectivity index (χ2v) is 16.6. The molecule has 10 nitrogen and oxygen atoms in total. The van der Waals surface area contributed by atoms with Crippen LogP contribution in [-0.4, -0.2) is 79.2 Å². The first kappa shape index (κ1) is 32.1. The normalized spacial score (nSPS) is 26.2. The fourth-order valence-corrected chi connectivity index (χ4v) is 9.88. The molecule has 0 radical (unpaired) electrons. The van der Waals surface area contributed by atoms with E-state index in [1.165, 1.54) is 0 Å².